The molecule has 0 amide bonds. The first kappa shape index (κ1) is 22.9. The highest BCUT2D eigenvalue weighted by Crippen LogP contribution is 2.30. The SMILES string of the molecule is COC(=O)C(C)(CCCN1CCN(c2cnc(-c3ccccc3)nc2)CC1)c1ccccc1. The highest BCUT2D eigenvalue weighted by molar-refractivity contribution is 5.82. The summed E-state index contributed by atoms with van der Waals surface area (Å²) in [5.74, 6) is 0.586. The monoisotopic (exact) mass is 444 g/mol. The zero-order valence-electron chi connectivity index (χ0n) is 19.5. The maximum absolute atomic E-state index is 12.6. The van der Waals surface area contributed by atoms with E-state index in [1.807, 2.05) is 80.0 Å². The van der Waals surface area contributed by atoms with Crippen molar-refractivity contribution in [2.24, 2.45) is 0 Å². The Morgan fingerprint density at radius 2 is 1.55 bits per heavy atom. The predicted molar refractivity (Wildman–Crippen MR) is 131 cm³/mol. The van der Waals surface area contributed by atoms with Crippen LogP contribution in [-0.4, -0.2) is 60.7 Å². The van der Waals surface area contributed by atoms with Crippen molar-refractivity contribution in [3.63, 3.8) is 0 Å². The molecule has 3 aromatic rings. The van der Waals surface area contributed by atoms with Crippen LogP contribution in [-0.2, 0) is 14.9 Å². The fourth-order valence-electron chi connectivity index (χ4n) is 4.50. The first-order chi connectivity index (χ1) is 16.1. The van der Waals surface area contributed by atoms with E-state index < -0.39 is 5.41 Å². The van der Waals surface area contributed by atoms with E-state index in [9.17, 15) is 4.79 Å². The van der Waals surface area contributed by atoms with Gasteiger partial charge in [0.05, 0.1) is 30.6 Å². The van der Waals surface area contributed by atoms with Crippen molar-refractivity contribution in [1.82, 2.24) is 14.9 Å². The van der Waals surface area contributed by atoms with Crippen molar-refractivity contribution >= 4 is 11.7 Å². The van der Waals surface area contributed by atoms with Gasteiger partial charge < -0.3 is 9.64 Å². The lowest BCUT2D eigenvalue weighted by molar-refractivity contribution is -0.147. The highest BCUT2D eigenvalue weighted by atomic mass is 16.5. The first-order valence-electron chi connectivity index (χ1n) is 11.6. The number of anilines is 1. The zero-order valence-corrected chi connectivity index (χ0v) is 19.5. The van der Waals surface area contributed by atoms with Gasteiger partial charge in [-0.25, -0.2) is 9.97 Å². The summed E-state index contributed by atoms with van der Waals surface area (Å²) < 4.78 is 5.14. The number of methoxy groups -OCH3 is 1. The van der Waals surface area contributed by atoms with Gasteiger partial charge in [-0.05, 0) is 31.9 Å². The van der Waals surface area contributed by atoms with E-state index in [1.54, 1.807) is 0 Å². The molecule has 1 saturated heterocycles. The first-order valence-corrected chi connectivity index (χ1v) is 11.6. The van der Waals surface area contributed by atoms with Crippen LogP contribution in [0.3, 0.4) is 0 Å². The van der Waals surface area contributed by atoms with Crippen molar-refractivity contribution in [3.8, 4) is 11.4 Å². The van der Waals surface area contributed by atoms with Gasteiger partial charge in [-0.1, -0.05) is 60.7 Å². The smallest absolute Gasteiger partial charge is 0.315 e. The van der Waals surface area contributed by atoms with E-state index in [1.165, 1.54) is 7.11 Å². The number of aromatic nitrogens is 2. The average molecular weight is 445 g/mol. The summed E-state index contributed by atoms with van der Waals surface area (Å²) in [4.78, 5) is 26.5. The molecule has 1 aromatic heterocycles. The summed E-state index contributed by atoms with van der Waals surface area (Å²) in [6.07, 6.45) is 5.55. The number of carbonyl (C=O) groups excluding carboxylic acids is 1. The Morgan fingerprint density at radius 3 is 2.15 bits per heavy atom. The molecule has 6 heteroatoms. The Bertz CT molecular complexity index is 1020. The summed E-state index contributed by atoms with van der Waals surface area (Å²) in [6.45, 7) is 6.82. The fraction of sp³-hybridized carbons (Fsp3) is 0.370. The van der Waals surface area contributed by atoms with Crippen molar-refractivity contribution < 1.29 is 9.53 Å². The molecule has 0 aliphatic carbocycles. The van der Waals surface area contributed by atoms with E-state index in [4.69, 9.17) is 4.74 Å². The van der Waals surface area contributed by atoms with Gasteiger partial charge in [0.15, 0.2) is 5.82 Å². The van der Waals surface area contributed by atoms with Gasteiger partial charge in [-0.3, -0.25) is 9.69 Å². The molecule has 2 aromatic carbocycles. The summed E-state index contributed by atoms with van der Waals surface area (Å²) in [5.41, 5.74) is 2.50. The summed E-state index contributed by atoms with van der Waals surface area (Å²) >= 11 is 0. The third kappa shape index (κ3) is 5.40. The summed E-state index contributed by atoms with van der Waals surface area (Å²) in [6, 6.07) is 20.0. The molecule has 1 aliphatic heterocycles. The number of piperazine rings is 1. The van der Waals surface area contributed by atoms with Crippen LogP contribution < -0.4 is 4.90 Å². The topological polar surface area (TPSA) is 58.6 Å². The number of ether oxygens (including phenoxy) is 1. The number of esters is 1. The number of hydrogen-bond donors (Lipinski definition) is 0. The van der Waals surface area contributed by atoms with Crippen LogP contribution in [0.15, 0.2) is 73.1 Å². The minimum Gasteiger partial charge on any atom is -0.468 e. The van der Waals surface area contributed by atoms with Crippen LogP contribution in [0.2, 0.25) is 0 Å². The number of benzene rings is 2. The second-order valence-corrected chi connectivity index (χ2v) is 8.75. The predicted octanol–water partition coefficient (Wildman–Crippen LogP) is 4.18. The third-order valence-corrected chi connectivity index (χ3v) is 6.61. The molecule has 4 rings (SSSR count). The van der Waals surface area contributed by atoms with E-state index in [2.05, 4.69) is 19.8 Å². The zero-order chi connectivity index (χ0) is 23.1. The fourth-order valence-corrected chi connectivity index (χ4v) is 4.50. The normalized spacial score (nSPS) is 16.2. The molecule has 1 unspecified atom stereocenters. The van der Waals surface area contributed by atoms with E-state index in [0.717, 1.165) is 68.2 Å². The van der Waals surface area contributed by atoms with E-state index in [0.29, 0.717) is 0 Å². The Hall–Kier alpha value is -3.25. The minimum absolute atomic E-state index is 0.169. The average Bonchev–Trinajstić information content (AvgIpc) is 2.89. The van der Waals surface area contributed by atoms with Gasteiger partial charge in [-0.2, -0.15) is 0 Å². The molecule has 0 saturated carbocycles. The van der Waals surface area contributed by atoms with Gasteiger partial charge in [0, 0.05) is 31.7 Å². The molecule has 2 heterocycles. The van der Waals surface area contributed by atoms with Crippen LogP contribution >= 0.6 is 0 Å². The third-order valence-electron chi connectivity index (χ3n) is 6.61. The summed E-state index contributed by atoms with van der Waals surface area (Å²) in [7, 11) is 1.47. The molecule has 6 nitrogen and oxygen atoms in total. The van der Waals surface area contributed by atoms with Crippen molar-refractivity contribution in [1.29, 1.82) is 0 Å². The molecular weight excluding hydrogens is 412 g/mol. The van der Waals surface area contributed by atoms with Crippen molar-refractivity contribution in [2.75, 3.05) is 44.7 Å². The number of nitrogens with zero attached hydrogens (tertiary/aromatic N) is 4. The molecular formula is C27H32N4O2. The minimum atomic E-state index is -0.615. The molecule has 0 radical (unpaired) electrons. The Morgan fingerprint density at radius 1 is 0.939 bits per heavy atom. The van der Waals surface area contributed by atoms with Gasteiger partial charge in [0.1, 0.15) is 0 Å². The maximum Gasteiger partial charge on any atom is 0.315 e. The number of hydrogen-bond acceptors (Lipinski definition) is 6. The van der Waals surface area contributed by atoms with Crippen LogP contribution in [0.1, 0.15) is 25.3 Å². The molecule has 1 atom stereocenters. The lowest BCUT2D eigenvalue weighted by Gasteiger charge is -2.36. The van der Waals surface area contributed by atoms with Gasteiger partial charge in [-0.15, -0.1) is 0 Å². The number of rotatable bonds is 8. The molecule has 33 heavy (non-hydrogen) atoms. The van der Waals surface area contributed by atoms with Gasteiger partial charge >= 0.3 is 5.97 Å². The highest BCUT2D eigenvalue weighted by Gasteiger charge is 2.36. The largest absolute Gasteiger partial charge is 0.468 e. The number of carbonyl (C=O) groups is 1. The lowest BCUT2D eigenvalue weighted by atomic mass is 9.78. The second kappa shape index (κ2) is 10.6. The van der Waals surface area contributed by atoms with Crippen molar-refractivity contribution in [2.45, 2.75) is 25.2 Å². The quantitative estimate of drug-likeness (QED) is 0.486. The Labute approximate surface area is 196 Å². The van der Waals surface area contributed by atoms with Gasteiger partial charge in [0.2, 0.25) is 0 Å². The lowest BCUT2D eigenvalue weighted by Crippen LogP contribution is -2.47. The Kier molecular flexibility index (Phi) is 7.35. The molecule has 1 aliphatic rings. The molecule has 0 bridgehead atoms. The van der Waals surface area contributed by atoms with Crippen LogP contribution in [0.25, 0.3) is 11.4 Å². The summed E-state index contributed by atoms with van der Waals surface area (Å²) in [5, 5.41) is 0. The van der Waals surface area contributed by atoms with E-state index in [-0.39, 0.29) is 5.97 Å². The standard InChI is InChI=1S/C27H32N4O2/c1-27(26(32)33-2,23-12-7-4-8-13-23)14-9-15-30-16-18-31(19-17-30)24-20-28-25(29-21-24)22-10-5-3-6-11-22/h3-8,10-13,20-21H,9,14-19H2,1-2H3. The molecule has 1 fully saturated rings. The second-order valence-electron chi connectivity index (χ2n) is 8.75. The molecule has 0 N–H and O–H groups in total. The molecule has 172 valence electrons. The van der Waals surface area contributed by atoms with Crippen LogP contribution in [0.4, 0.5) is 5.69 Å². The maximum atomic E-state index is 12.6. The van der Waals surface area contributed by atoms with Crippen LogP contribution in [0, 0.1) is 0 Å². The van der Waals surface area contributed by atoms with Crippen molar-refractivity contribution in [3.05, 3.63) is 78.6 Å². The van der Waals surface area contributed by atoms with Gasteiger partial charge in [0.25, 0.3) is 0 Å². The van der Waals surface area contributed by atoms with E-state index >= 15 is 0 Å². The van der Waals surface area contributed by atoms with Crippen LogP contribution in [0.5, 0.6) is 0 Å². The Balaban J connectivity index is 1.28. The molecule has 0 spiro atoms.